The van der Waals surface area contributed by atoms with Crippen molar-refractivity contribution in [3.05, 3.63) is 80.3 Å². The number of alkyl halides is 6. The van der Waals surface area contributed by atoms with E-state index in [1.165, 1.54) is 10.3 Å². The number of hydrogen-bond donors (Lipinski definition) is 0. The number of hydrogen-bond acceptors (Lipinski definition) is 7. The molecule has 0 aliphatic carbocycles. The molecule has 0 radical (unpaired) electrons. The summed E-state index contributed by atoms with van der Waals surface area (Å²) < 4.78 is 96.0. The molecule has 2 saturated heterocycles. The molecule has 5 heterocycles. The van der Waals surface area contributed by atoms with Crippen molar-refractivity contribution in [2.24, 2.45) is 0 Å². The van der Waals surface area contributed by atoms with E-state index in [1.54, 1.807) is 25.0 Å². The van der Waals surface area contributed by atoms with Crippen LogP contribution in [-0.4, -0.2) is 88.6 Å². The van der Waals surface area contributed by atoms with Gasteiger partial charge in [-0.25, -0.2) is 0 Å². The van der Waals surface area contributed by atoms with Gasteiger partial charge in [0.1, 0.15) is 16.3 Å². The lowest BCUT2D eigenvalue weighted by molar-refractivity contribution is -0.163. The average Bonchev–Trinajstić information content (AvgIpc) is 3.81. The lowest BCUT2D eigenvalue weighted by atomic mass is 9.78. The van der Waals surface area contributed by atoms with Gasteiger partial charge in [0.05, 0.1) is 18.2 Å². The Morgan fingerprint density at radius 1 is 1.00 bits per heavy atom. The second-order valence-electron chi connectivity index (χ2n) is 14.6. The number of fused-ring (bicyclic) bond motifs is 1. The maximum absolute atomic E-state index is 15.5. The van der Waals surface area contributed by atoms with Gasteiger partial charge in [-0.3, -0.25) is 19.5 Å². The second-order valence-corrected chi connectivity index (χ2v) is 15.9. The van der Waals surface area contributed by atoms with E-state index in [4.69, 9.17) is 21.1 Å². The lowest BCUT2D eigenvalue weighted by Gasteiger charge is -2.51. The molecule has 0 unspecified atom stereocenters. The minimum atomic E-state index is -4.89. The summed E-state index contributed by atoms with van der Waals surface area (Å²) in [6.45, 7) is 4.29. The number of aromatic nitrogens is 1. The Kier molecular flexibility index (Phi) is 12.7. The molecule has 0 spiro atoms. The Morgan fingerprint density at radius 2 is 1.80 bits per heavy atom. The van der Waals surface area contributed by atoms with Gasteiger partial charge in [-0.15, -0.1) is 11.3 Å². The molecule has 6 rings (SSSR count). The van der Waals surface area contributed by atoms with Crippen LogP contribution in [0, 0.1) is 0 Å². The molecule has 55 heavy (non-hydrogen) atoms. The summed E-state index contributed by atoms with van der Waals surface area (Å²) in [5.41, 5.74) is -2.14. The number of halogens is 7. The molecule has 300 valence electrons. The molecule has 3 aliphatic heterocycles. The number of piperidine rings is 1. The molecule has 16 heteroatoms. The van der Waals surface area contributed by atoms with Crippen LogP contribution in [0.5, 0.6) is 5.75 Å². The predicted octanol–water partition coefficient (Wildman–Crippen LogP) is 8.90. The number of methoxy groups -OCH3 is 1. The van der Waals surface area contributed by atoms with Gasteiger partial charge in [0.25, 0.3) is 11.8 Å². The summed E-state index contributed by atoms with van der Waals surface area (Å²) in [7, 11) is 1.68. The van der Waals surface area contributed by atoms with E-state index in [2.05, 4.69) is 9.88 Å². The monoisotopic (exact) mass is 814 g/mol. The summed E-state index contributed by atoms with van der Waals surface area (Å²) in [5.74, 6) is -1.75. The summed E-state index contributed by atoms with van der Waals surface area (Å²) in [5, 5.41) is 1.73. The first-order valence-corrected chi connectivity index (χ1v) is 19.9. The second kappa shape index (κ2) is 17.0. The minimum Gasteiger partial charge on any atom is -0.474 e. The van der Waals surface area contributed by atoms with Crippen molar-refractivity contribution in [3.63, 3.8) is 0 Å². The smallest absolute Gasteiger partial charge is 0.425 e. The van der Waals surface area contributed by atoms with Crippen molar-refractivity contribution in [2.45, 2.75) is 107 Å². The van der Waals surface area contributed by atoms with Crippen LogP contribution in [0.25, 0.3) is 0 Å². The Bertz CT molecular complexity index is 1820. The van der Waals surface area contributed by atoms with E-state index in [9.17, 15) is 31.1 Å². The Morgan fingerprint density at radius 3 is 2.51 bits per heavy atom. The van der Waals surface area contributed by atoms with Crippen LogP contribution in [0.15, 0.2) is 48.0 Å². The van der Waals surface area contributed by atoms with E-state index >= 15 is 4.79 Å². The van der Waals surface area contributed by atoms with Crippen molar-refractivity contribution in [3.8, 4) is 5.75 Å². The first kappa shape index (κ1) is 41.2. The van der Waals surface area contributed by atoms with Crippen LogP contribution in [-0.2, 0) is 34.8 Å². The molecule has 8 nitrogen and oxygen atoms in total. The number of benzene rings is 1. The van der Waals surface area contributed by atoms with Gasteiger partial charge in [0, 0.05) is 61.4 Å². The van der Waals surface area contributed by atoms with Gasteiger partial charge >= 0.3 is 12.4 Å². The van der Waals surface area contributed by atoms with Gasteiger partial charge in [0.15, 0.2) is 0 Å². The minimum absolute atomic E-state index is 0.00354. The zero-order chi connectivity index (χ0) is 39.5. The van der Waals surface area contributed by atoms with E-state index in [0.29, 0.717) is 48.3 Å². The fourth-order valence-corrected chi connectivity index (χ4v) is 9.40. The van der Waals surface area contributed by atoms with Crippen molar-refractivity contribution in [1.29, 1.82) is 0 Å². The number of rotatable bonds is 12. The van der Waals surface area contributed by atoms with Crippen molar-refractivity contribution in [1.82, 2.24) is 19.7 Å². The largest absolute Gasteiger partial charge is 0.474 e. The number of thiophene rings is 1. The number of ether oxygens (including phenoxy) is 2. The predicted molar refractivity (Wildman–Crippen MR) is 196 cm³/mol. The van der Waals surface area contributed by atoms with Crippen molar-refractivity contribution < 1.29 is 45.4 Å². The highest BCUT2D eigenvalue weighted by Gasteiger charge is 2.57. The van der Waals surface area contributed by atoms with Gasteiger partial charge < -0.3 is 19.3 Å². The molecular weight excluding hydrogens is 770 g/mol. The van der Waals surface area contributed by atoms with Gasteiger partial charge in [-0.1, -0.05) is 31.0 Å². The lowest BCUT2D eigenvalue weighted by Crippen LogP contribution is -2.69. The van der Waals surface area contributed by atoms with Gasteiger partial charge in [-0.05, 0) is 93.4 Å². The SMILES string of the molecule is CCC[C@H]1N(C(=O)c2ncccc2C(F)(F)F)CCC[C@]1(Oc1csc(C(F)(F)F)c1)C(=O)N1Cc2ccc(Cl)cc2C[C@@H]1CCCN1CCC[C@H]1COC. The van der Waals surface area contributed by atoms with Crippen LogP contribution in [0.1, 0.15) is 90.3 Å². The highest BCUT2D eigenvalue weighted by molar-refractivity contribution is 7.10. The third-order valence-corrected chi connectivity index (χ3v) is 12.2. The van der Waals surface area contributed by atoms with E-state index < -0.39 is 51.9 Å². The zero-order valence-electron chi connectivity index (χ0n) is 30.7. The molecule has 0 bridgehead atoms. The van der Waals surface area contributed by atoms with Crippen molar-refractivity contribution in [2.75, 3.05) is 33.4 Å². The Hall–Kier alpha value is -3.40. The van der Waals surface area contributed by atoms with E-state index in [0.717, 1.165) is 67.9 Å². The maximum atomic E-state index is 15.5. The zero-order valence-corrected chi connectivity index (χ0v) is 32.3. The molecule has 3 aliphatic rings. The first-order valence-electron chi connectivity index (χ1n) is 18.7. The molecule has 4 atom stereocenters. The first-order chi connectivity index (χ1) is 26.2. The number of likely N-dealkylation sites (tertiary alicyclic amines) is 2. The number of amides is 2. The Balaban J connectivity index is 1.41. The number of carbonyl (C=O) groups excluding carboxylic acids is 2. The molecule has 0 N–H and O–H groups in total. The molecular formula is C39H45ClF6N4O4S. The van der Waals surface area contributed by atoms with Crippen LogP contribution in [0.3, 0.4) is 0 Å². The average molecular weight is 815 g/mol. The van der Waals surface area contributed by atoms with Crippen LogP contribution in [0.4, 0.5) is 26.3 Å². The topological polar surface area (TPSA) is 75.2 Å². The van der Waals surface area contributed by atoms with E-state index in [-0.39, 0.29) is 44.1 Å². The van der Waals surface area contributed by atoms with E-state index in [1.807, 2.05) is 12.1 Å². The molecule has 2 aromatic heterocycles. The molecule has 0 saturated carbocycles. The fourth-order valence-electron chi connectivity index (χ4n) is 8.53. The molecule has 2 fully saturated rings. The summed E-state index contributed by atoms with van der Waals surface area (Å²) in [4.78, 5) is 38.0. The van der Waals surface area contributed by atoms with Crippen LogP contribution < -0.4 is 4.74 Å². The summed E-state index contributed by atoms with van der Waals surface area (Å²) in [6.07, 6.45) is -3.91. The quantitative estimate of drug-likeness (QED) is 0.170. The van der Waals surface area contributed by atoms with Crippen molar-refractivity contribution >= 4 is 34.8 Å². The highest BCUT2D eigenvalue weighted by Crippen LogP contribution is 2.44. The molecule has 2 amide bonds. The summed E-state index contributed by atoms with van der Waals surface area (Å²) >= 11 is 6.82. The van der Waals surface area contributed by atoms with Crippen LogP contribution >= 0.6 is 22.9 Å². The molecule has 3 aromatic rings. The Labute approximate surface area is 325 Å². The van der Waals surface area contributed by atoms with Gasteiger partial charge in [-0.2, -0.15) is 26.3 Å². The standard InChI is InChI=1S/C39H45ClF6N4O4S/c1-3-8-32-37(54-30-21-33(55-24-30)39(44,45)46,14-7-18-49(32)35(51)34-31(38(41,42)43)11-4-15-47-34)36(52)50-22-25-12-13-27(40)19-26(25)20-28(50)9-5-16-48-17-6-10-29(48)23-53-2/h4,11-13,15,19,21,24,28-29,32H,3,5-10,14,16-18,20,22-23H2,1-2H3/t28-,29-,32+,37+/m0/s1. The normalized spacial score (nSPS) is 23.5. The van der Waals surface area contributed by atoms with Crippen LogP contribution in [0.2, 0.25) is 5.02 Å². The third kappa shape index (κ3) is 8.94. The third-order valence-electron chi connectivity index (χ3n) is 11.0. The number of pyridine rings is 1. The maximum Gasteiger partial charge on any atom is 0.425 e. The highest BCUT2D eigenvalue weighted by atomic mass is 35.5. The summed E-state index contributed by atoms with van der Waals surface area (Å²) in [6, 6.07) is 6.96. The fraction of sp³-hybridized carbons (Fsp3) is 0.564. The number of nitrogens with zero attached hydrogens (tertiary/aromatic N) is 4. The molecule has 1 aromatic carbocycles. The van der Waals surface area contributed by atoms with Gasteiger partial charge in [0.2, 0.25) is 5.60 Å². The number of carbonyl (C=O) groups is 2.